The molecule has 2 nitrogen and oxygen atoms in total. The number of nitrogens with zero attached hydrogens (tertiary/aromatic N) is 1. The molecule has 0 aliphatic rings. The number of benzene rings is 2. The minimum absolute atomic E-state index is 0.284. The van der Waals surface area contributed by atoms with E-state index in [4.69, 9.17) is 0 Å². The maximum atomic E-state index is 9.25. The van der Waals surface area contributed by atoms with Gasteiger partial charge in [0.2, 0.25) is 0 Å². The second kappa shape index (κ2) is 4.94. The summed E-state index contributed by atoms with van der Waals surface area (Å²) in [5.41, 5.74) is 3.19. The van der Waals surface area contributed by atoms with Crippen LogP contribution in [0.2, 0.25) is 0 Å². The third kappa shape index (κ3) is 2.47. The molecule has 0 amide bonds. The number of hydrogen-bond donors (Lipinski definition) is 1. The smallest absolute Gasteiger partial charge is 0.115 e. The number of fused-ring (bicyclic) bond motifs is 1. The van der Waals surface area contributed by atoms with E-state index in [1.807, 2.05) is 48.7 Å². The van der Waals surface area contributed by atoms with Gasteiger partial charge in [-0.1, -0.05) is 42.5 Å². The van der Waals surface area contributed by atoms with Gasteiger partial charge in [-0.25, -0.2) is 0 Å². The Hall–Kier alpha value is -2.61. The third-order valence-electron chi connectivity index (χ3n) is 3.03. The summed E-state index contributed by atoms with van der Waals surface area (Å²) in [5, 5.41) is 10.4. The Morgan fingerprint density at radius 1 is 0.842 bits per heavy atom. The Bertz CT molecular complexity index is 724. The fraction of sp³-hybridized carbons (Fsp3) is 0. The zero-order valence-electron chi connectivity index (χ0n) is 10.3. The van der Waals surface area contributed by atoms with Crippen LogP contribution in [-0.4, -0.2) is 10.1 Å². The topological polar surface area (TPSA) is 33.1 Å². The van der Waals surface area contributed by atoms with Crippen LogP contribution in [-0.2, 0) is 0 Å². The van der Waals surface area contributed by atoms with Crippen LogP contribution in [0.4, 0.5) is 0 Å². The lowest BCUT2D eigenvalue weighted by Crippen LogP contribution is -1.81. The molecule has 2 aromatic carbocycles. The van der Waals surface area contributed by atoms with Gasteiger partial charge in [-0.3, -0.25) is 4.98 Å². The summed E-state index contributed by atoms with van der Waals surface area (Å²) in [4.78, 5) is 4.34. The highest BCUT2D eigenvalue weighted by molar-refractivity contribution is 5.90. The number of aromatic hydroxyl groups is 1. The van der Waals surface area contributed by atoms with Crippen LogP contribution < -0.4 is 0 Å². The molecule has 2 heteroatoms. The molecule has 0 aliphatic heterocycles. The second-order valence-corrected chi connectivity index (χ2v) is 4.34. The Labute approximate surface area is 111 Å². The van der Waals surface area contributed by atoms with Gasteiger partial charge in [-0.05, 0) is 35.4 Å². The first kappa shape index (κ1) is 11.5. The van der Waals surface area contributed by atoms with E-state index in [2.05, 4.69) is 17.1 Å². The van der Waals surface area contributed by atoms with E-state index in [0.29, 0.717) is 0 Å². The first-order valence-electron chi connectivity index (χ1n) is 6.14. The fourth-order valence-electron chi connectivity index (χ4n) is 2.03. The van der Waals surface area contributed by atoms with Crippen molar-refractivity contribution in [1.29, 1.82) is 0 Å². The van der Waals surface area contributed by atoms with Crippen molar-refractivity contribution in [2.45, 2.75) is 0 Å². The van der Waals surface area contributed by atoms with E-state index in [1.54, 1.807) is 12.1 Å². The molecule has 92 valence electrons. The minimum Gasteiger partial charge on any atom is -0.508 e. The van der Waals surface area contributed by atoms with E-state index in [-0.39, 0.29) is 5.75 Å². The number of aromatic nitrogens is 1. The highest BCUT2D eigenvalue weighted by Crippen LogP contribution is 2.19. The molecule has 1 N–H and O–H groups in total. The van der Waals surface area contributed by atoms with Gasteiger partial charge in [0.05, 0.1) is 5.52 Å². The largest absolute Gasteiger partial charge is 0.508 e. The average molecular weight is 247 g/mol. The molecule has 0 bridgehead atoms. The molecule has 0 unspecified atom stereocenters. The summed E-state index contributed by atoms with van der Waals surface area (Å²) in [6.07, 6.45) is 5.91. The van der Waals surface area contributed by atoms with E-state index >= 15 is 0 Å². The third-order valence-corrected chi connectivity index (χ3v) is 3.03. The molecule has 0 fully saturated rings. The van der Waals surface area contributed by atoms with Gasteiger partial charge in [-0.2, -0.15) is 0 Å². The second-order valence-electron chi connectivity index (χ2n) is 4.34. The van der Waals surface area contributed by atoms with Crippen molar-refractivity contribution in [3.8, 4) is 5.75 Å². The van der Waals surface area contributed by atoms with Crippen molar-refractivity contribution < 1.29 is 5.11 Å². The quantitative estimate of drug-likeness (QED) is 0.739. The number of rotatable bonds is 2. The average Bonchev–Trinajstić information content (AvgIpc) is 2.47. The lowest BCUT2D eigenvalue weighted by atomic mass is 10.1. The number of hydrogen-bond acceptors (Lipinski definition) is 2. The molecule has 0 radical (unpaired) electrons. The summed E-state index contributed by atoms with van der Waals surface area (Å²) in [6, 6.07) is 17.2. The van der Waals surface area contributed by atoms with Gasteiger partial charge in [0.15, 0.2) is 0 Å². The van der Waals surface area contributed by atoms with Crippen LogP contribution >= 0.6 is 0 Å². The Morgan fingerprint density at radius 3 is 2.47 bits per heavy atom. The standard InChI is InChI=1S/C17H13NO/c19-15-9-6-13(7-10-15)5-8-14-11-12-18-17-4-2-1-3-16(14)17/h1-12,19H/b8-5-. The highest BCUT2D eigenvalue weighted by Gasteiger charge is 1.97. The summed E-state index contributed by atoms with van der Waals surface area (Å²) in [5.74, 6) is 0.284. The van der Waals surface area contributed by atoms with Crippen LogP contribution in [0.15, 0.2) is 60.8 Å². The first-order chi connectivity index (χ1) is 9.33. The van der Waals surface area contributed by atoms with E-state index < -0.39 is 0 Å². The van der Waals surface area contributed by atoms with Crippen LogP contribution in [0.3, 0.4) is 0 Å². The molecule has 19 heavy (non-hydrogen) atoms. The van der Waals surface area contributed by atoms with Crippen LogP contribution in [0.1, 0.15) is 11.1 Å². The molecule has 0 saturated carbocycles. The molecule has 3 aromatic rings. The zero-order chi connectivity index (χ0) is 13.1. The van der Waals surface area contributed by atoms with Crippen molar-refractivity contribution in [3.05, 3.63) is 71.9 Å². The summed E-state index contributed by atoms with van der Waals surface area (Å²) >= 11 is 0. The Kier molecular flexibility index (Phi) is 2.99. The number of phenolic OH excluding ortho intramolecular Hbond substituents is 1. The van der Waals surface area contributed by atoms with Crippen molar-refractivity contribution in [2.24, 2.45) is 0 Å². The molecule has 0 aliphatic carbocycles. The summed E-state index contributed by atoms with van der Waals surface area (Å²) in [7, 11) is 0. The predicted octanol–water partition coefficient (Wildman–Crippen LogP) is 4.11. The number of phenols is 1. The van der Waals surface area contributed by atoms with Gasteiger partial charge in [0.1, 0.15) is 5.75 Å². The van der Waals surface area contributed by atoms with E-state index in [9.17, 15) is 5.11 Å². The number of para-hydroxylation sites is 1. The summed E-state index contributed by atoms with van der Waals surface area (Å²) < 4.78 is 0. The predicted molar refractivity (Wildman–Crippen MR) is 78.8 cm³/mol. The Balaban J connectivity index is 1.99. The van der Waals surface area contributed by atoms with E-state index in [0.717, 1.165) is 22.0 Å². The highest BCUT2D eigenvalue weighted by atomic mass is 16.3. The lowest BCUT2D eigenvalue weighted by Gasteiger charge is -2.01. The SMILES string of the molecule is Oc1ccc(/C=C\c2ccnc3ccccc23)cc1. The van der Waals surface area contributed by atoms with Crippen LogP contribution in [0, 0.1) is 0 Å². The van der Waals surface area contributed by atoms with Crippen molar-refractivity contribution in [2.75, 3.05) is 0 Å². The minimum atomic E-state index is 0.284. The van der Waals surface area contributed by atoms with Gasteiger partial charge < -0.3 is 5.11 Å². The molecule has 0 saturated heterocycles. The van der Waals surface area contributed by atoms with Crippen molar-refractivity contribution >= 4 is 23.1 Å². The zero-order valence-corrected chi connectivity index (χ0v) is 10.3. The molecule has 0 spiro atoms. The maximum absolute atomic E-state index is 9.25. The first-order valence-corrected chi connectivity index (χ1v) is 6.14. The maximum Gasteiger partial charge on any atom is 0.115 e. The molecule has 3 rings (SSSR count). The Morgan fingerprint density at radius 2 is 1.63 bits per heavy atom. The monoisotopic (exact) mass is 247 g/mol. The van der Waals surface area contributed by atoms with Gasteiger partial charge in [-0.15, -0.1) is 0 Å². The van der Waals surface area contributed by atoms with Crippen molar-refractivity contribution in [1.82, 2.24) is 4.98 Å². The van der Waals surface area contributed by atoms with Crippen molar-refractivity contribution in [3.63, 3.8) is 0 Å². The molecule has 1 heterocycles. The van der Waals surface area contributed by atoms with Gasteiger partial charge >= 0.3 is 0 Å². The van der Waals surface area contributed by atoms with Crippen LogP contribution in [0.5, 0.6) is 5.75 Å². The van der Waals surface area contributed by atoms with Gasteiger partial charge in [0, 0.05) is 11.6 Å². The van der Waals surface area contributed by atoms with E-state index in [1.165, 1.54) is 0 Å². The molecular weight excluding hydrogens is 234 g/mol. The fourth-order valence-corrected chi connectivity index (χ4v) is 2.03. The molecular formula is C17H13NO. The number of pyridine rings is 1. The normalized spacial score (nSPS) is 11.2. The lowest BCUT2D eigenvalue weighted by molar-refractivity contribution is 0.475. The summed E-state index contributed by atoms with van der Waals surface area (Å²) in [6.45, 7) is 0. The molecule has 1 aromatic heterocycles. The molecule has 0 atom stereocenters. The van der Waals surface area contributed by atoms with Gasteiger partial charge in [0.25, 0.3) is 0 Å². The van der Waals surface area contributed by atoms with Crippen LogP contribution in [0.25, 0.3) is 23.1 Å².